The second-order valence-electron chi connectivity index (χ2n) is 2.85. The number of rotatable bonds is 4. The second kappa shape index (κ2) is 13.2. The van der Waals surface area contributed by atoms with Crippen LogP contribution in [0.15, 0.2) is 12.2 Å². The highest BCUT2D eigenvalue weighted by atomic mass is 79.9. The summed E-state index contributed by atoms with van der Waals surface area (Å²) in [6, 6.07) is 0. The fourth-order valence-corrected chi connectivity index (χ4v) is 1.20. The number of hydrogen-bond acceptors (Lipinski definition) is 4. The average Bonchev–Trinajstić information content (AvgIpc) is 2.63. The molecule has 3 N–H and O–H groups in total. The van der Waals surface area contributed by atoms with E-state index in [1.165, 1.54) is 12.2 Å². The van der Waals surface area contributed by atoms with Crippen LogP contribution in [0.4, 0.5) is 0 Å². The Hall–Kier alpha value is -1.22. The summed E-state index contributed by atoms with van der Waals surface area (Å²) in [7, 11) is 0. The van der Waals surface area contributed by atoms with Gasteiger partial charge in [0.05, 0.1) is 12.8 Å². The van der Waals surface area contributed by atoms with E-state index in [0.717, 1.165) is 0 Å². The van der Waals surface area contributed by atoms with Crippen molar-refractivity contribution in [2.75, 3.05) is 10.7 Å². The van der Waals surface area contributed by atoms with Crippen molar-refractivity contribution in [2.45, 2.75) is 12.8 Å². The molecule has 1 aliphatic rings. The first-order chi connectivity index (χ1) is 8.83. The van der Waals surface area contributed by atoms with E-state index >= 15 is 0 Å². The molecule has 108 valence electrons. The molecule has 1 aliphatic heterocycles. The van der Waals surface area contributed by atoms with Gasteiger partial charge in [-0.2, -0.15) is 0 Å². The molecule has 7 nitrogen and oxygen atoms in total. The lowest BCUT2D eigenvalue weighted by Crippen LogP contribution is -2.19. The summed E-state index contributed by atoms with van der Waals surface area (Å²) in [5.74, 6) is -2.17. The van der Waals surface area contributed by atoms with Crippen LogP contribution in [0.1, 0.15) is 12.8 Å². The molecular formula is C10H13Br2NO6. The molecule has 0 unspecified atom stereocenters. The number of alkyl halides is 2. The van der Waals surface area contributed by atoms with Gasteiger partial charge in [-0.25, -0.2) is 0 Å². The van der Waals surface area contributed by atoms with Crippen molar-refractivity contribution in [2.24, 2.45) is 0 Å². The zero-order valence-corrected chi connectivity index (χ0v) is 12.9. The first-order valence-corrected chi connectivity index (χ1v) is 7.16. The van der Waals surface area contributed by atoms with Crippen LogP contribution in [0, 0.1) is 0 Å². The molecule has 0 saturated carbocycles. The number of halogens is 2. The van der Waals surface area contributed by atoms with Crippen molar-refractivity contribution in [1.29, 1.82) is 0 Å². The van der Waals surface area contributed by atoms with Crippen LogP contribution in [0.25, 0.3) is 0 Å². The highest BCUT2D eigenvalue weighted by Crippen LogP contribution is 1.85. The fraction of sp³-hybridized carbons (Fsp3) is 0.400. The summed E-state index contributed by atoms with van der Waals surface area (Å²) in [5, 5.41) is 18.9. The third kappa shape index (κ3) is 19.3. The fourth-order valence-electron chi connectivity index (χ4n) is 0.518. The van der Waals surface area contributed by atoms with Crippen LogP contribution in [-0.2, 0) is 19.2 Å². The maximum atomic E-state index is 10.0. The summed E-state index contributed by atoms with van der Waals surface area (Å²) in [6.07, 6.45) is 2.81. The highest BCUT2D eigenvalue weighted by molar-refractivity contribution is 9.09. The summed E-state index contributed by atoms with van der Waals surface area (Å²) in [5.41, 5.74) is 0. The minimum absolute atomic E-state index is 0.208. The topological polar surface area (TPSA) is 121 Å². The van der Waals surface area contributed by atoms with E-state index in [9.17, 15) is 19.2 Å². The maximum absolute atomic E-state index is 10.0. The van der Waals surface area contributed by atoms with Gasteiger partial charge in [0.2, 0.25) is 0 Å². The van der Waals surface area contributed by atoms with Crippen LogP contribution in [0.3, 0.4) is 0 Å². The molecule has 0 aliphatic carbocycles. The quantitative estimate of drug-likeness (QED) is 0.474. The molecule has 1 rings (SSSR count). The molecule has 0 saturated heterocycles. The van der Waals surface area contributed by atoms with Crippen molar-refractivity contribution in [3.63, 3.8) is 0 Å². The van der Waals surface area contributed by atoms with Gasteiger partial charge in [0.1, 0.15) is 0 Å². The number of nitrogens with one attached hydrogen (secondary N) is 1. The molecule has 9 heteroatoms. The van der Waals surface area contributed by atoms with E-state index < -0.39 is 11.9 Å². The van der Waals surface area contributed by atoms with Crippen molar-refractivity contribution < 1.29 is 29.4 Å². The molecule has 1 heterocycles. The van der Waals surface area contributed by atoms with Gasteiger partial charge >= 0.3 is 11.9 Å². The molecule has 2 amide bonds. The second-order valence-corrected chi connectivity index (χ2v) is 4.44. The minimum atomic E-state index is -0.758. The number of carboxylic acid groups (broad SMARTS) is 2. The Bertz CT molecular complexity index is 324. The van der Waals surface area contributed by atoms with Crippen LogP contribution in [0.5, 0.6) is 0 Å². The third-order valence-corrected chi connectivity index (χ3v) is 2.04. The van der Waals surface area contributed by atoms with Gasteiger partial charge in [0, 0.05) is 22.8 Å². The Morgan fingerprint density at radius 3 is 1.32 bits per heavy atom. The van der Waals surface area contributed by atoms with Gasteiger partial charge in [-0.1, -0.05) is 31.9 Å². The van der Waals surface area contributed by atoms with Gasteiger partial charge in [-0.05, 0) is 0 Å². The number of aliphatic carboxylic acids is 2. The lowest BCUT2D eigenvalue weighted by Gasteiger charge is -1.80. The van der Waals surface area contributed by atoms with Crippen LogP contribution in [-0.4, -0.2) is 44.6 Å². The third-order valence-electron chi connectivity index (χ3n) is 1.25. The molecular weight excluding hydrogens is 390 g/mol. The molecule has 0 spiro atoms. The molecule has 0 atom stereocenters. The first kappa shape index (κ1) is 20.1. The van der Waals surface area contributed by atoms with Gasteiger partial charge in [-0.15, -0.1) is 0 Å². The zero-order chi connectivity index (χ0) is 15.3. The average molecular weight is 403 g/mol. The maximum Gasteiger partial charge on any atom is 0.304 e. The van der Waals surface area contributed by atoms with Crippen LogP contribution < -0.4 is 5.32 Å². The van der Waals surface area contributed by atoms with E-state index in [1.807, 2.05) is 5.32 Å². The molecule has 0 fully saturated rings. The normalized spacial score (nSPS) is 11.7. The van der Waals surface area contributed by atoms with Crippen LogP contribution in [0.2, 0.25) is 0 Å². The predicted octanol–water partition coefficient (Wildman–Crippen LogP) is 0.911. The van der Waals surface area contributed by atoms with E-state index in [2.05, 4.69) is 31.9 Å². The van der Waals surface area contributed by atoms with Gasteiger partial charge in [0.25, 0.3) is 11.8 Å². The summed E-state index contributed by atoms with van der Waals surface area (Å²) >= 11 is 5.94. The number of hydrogen-bond donors (Lipinski definition) is 3. The van der Waals surface area contributed by atoms with Gasteiger partial charge < -0.3 is 10.2 Å². The molecule has 0 bridgehead atoms. The van der Waals surface area contributed by atoms with Gasteiger partial charge in [-0.3, -0.25) is 24.5 Å². The Morgan fingerprint density at radius 1 is 0.947 bits per heavy atom. The Balaban J connectivity index is 0. The largest absolute Gasteiger partial charge is 0.481 e. The number of imide groups is 1. The van der Waals surface area contributed by atoms with E-state index in [4.69, 9.17) is 10.2 Å². The summed E-state index contributed by atoms with van der Waals surface area (Å²) in [4.78, 5) is 39.2. The molecule has 0 aromatic heterocycles. The Morgan fingerprint density at radius 2 is 1.26 bits per heavy atom. The first-order valence-electron chi connectivity index (χ1n) is 4.92. The Labute approximate surface area is 126 Å². The van der Waals surface area contributed by atoms with E-state index in [-0.39, 0.29) is 24.7 Å². The zero-order valence-electron chi connectivity index (χ0n) is 9.77. The van der Waals surface area contributed by atoms with Crippen molar-refractivity contribution >= 4 is 55.6 Å². The van der Waals surface area contributed by atoms with Crippen molar-refractivity contribution in [3.8, 4) is 0 Å². The lowest BCUT2D eigenvalue weighted by atomic mass is 10.5. The van der Waals surface area contributed by atoms with E-state index in [0.29, 0.717) is 10.7 Å². The van der Waals surface area contributed by atoms with Crippen LogP contribution >= 0.6 is 31.9 Å². The minimum Gasteiger partial charge on any atom is -0.481 e. The molecule has 0 aromatic carbocycles. The van der Waals surface area contributed by atoms with Crippen molar-refractivity contribution in [3.05, 3.63) is 12.2 Å². The number of amides is 2. The number of carboxylic acids is 2. The number of carbonyl (C=O) groups is 4. The van der Waals surface area contributed by atoms with E-state index in [1.54, 1.807) is 0 Å². The number of carbonyl (C=O) groups excluding carboxylic acids is 2. The monoisotopic (exact) mass is 401 g/mol. The Kier molecular flexibility index (Phi) is 14.0. The summed E-state index contributed by atoms with van der Waals surface area (Å²) in [6.45, 7) is 0. The molecule has 0 aromatic rings. The highest BCUT2D eigenvalue weighted by Gasteiger charge is 2.06. The molecule has 0 radical (unpaired) electrons. The summed E-state index contributed by atoms with van der Waals surface area (Å²) < 4.78 is 0. The predicted molar refractivity (Wildman–Crippen MR) is 74.4 cm³/mol. The standard InChI is InChI=1S/C4H3NO2.2C3H5BrO2/c6-3-1-2-4(7)5-3;2*4-2-1-3(5)6/h1-2H,(H,5,6,7);2*1-2H2,(H,5,6). The van der Waals surface area contributed by atoms with Crippen molar-refractivity contribution in [1.82, 2.24) is 5.32 Å². The molecule has 19 heavy (non-hydrogen) atoms. The smallest absolute Gasteiger partial charge is 0.304 e. The van der Waals surface area contributed by atoms with Gasteiger partial charge in [0.15, 0.2) is 0 Å². The lowest BCUT2D eigenvalue weighted by molar-refractivity contribution is -0.137. The SMILES string of the molecule is O=C(O)CCBr.O=C(O)CCBr.O=C1C=CC(=O)N1.